The van der Waals surface area contributed by atoms with Gasteiger partial charge in [-0.1, -0.05) is 24.6 Å². The molecular weight excluding hydrogens is 358 g/mol. The van der Waals surface area contributed by atoms with Crippen LogP contribution in [0.25, 0.3) is 0 Å². The summed E-state index contributed by atoms with van der Waals surface area (Å²) in [5.74, 6) is -0.0239. The summed E-state index contributed by atoms with van der Waals surface area (Å²) >= 11 is 1.21. The van der Waals surface area contributed by atoms with Crippen molar-refractivity contribution in [2.75, 3.05) is 4.72 Å². The summed E-state index contributed by atoms with van der Waals surface area (Å²) in [5, 5.41) is 4.97. The number of thiazole rings is 1. The first kappa shape index (κ1) is 19.4. The van der Waals surface area contributed by atoms with Crippen LogP contribution >= 0.6 is 11.3 Å². The molecule has 0 saturated heterocycles. The van der Waals surface area contributed by atoms with Crippen molar-refractivity contribution in [2.24, 2.45) is 0 Å². The topological polar surface area (TPSA) is 88.2 Å². The Kier molecular flexibility index (Phi) is 6.55. The summed E-state index contributed by atoms with van der Waals surface area (Å²) in [6.07, 6.45) is 1.69. The van der Waals surface area contributed by atoms with Crippen LogP contribution in [-0.4, -0.2) is 25.4 Å². The molecule has 25 heavy (non-hydrogen) atoms. The van der Waals surface area contributed by atoms with Gasteiger partial charge in [-0.3, -0.25) is 9.52 Å². The van der Waals surface area contributed by atoms with Gasteiger partial charge in [-0.15, -0.1) is 11.3 Å². The number of nitrogens with one attached hydrogen (secondary N) is 2. The monoisotopic (exact) mass is 381 g/mol. The molecule has 2 N–H and O–H groups in total. The van der Waals surface area contributed by atoms with Crippen molar-refractivity contribution in [3.05, 3.63) is 40.9 Å². The third-order valence-corrected chi connectivity index (χ3v) is 6.02. The molecule has 1 unspecified atom stereocenters. The smallest absolute Gasteiger partial charge is 0.263 e. The van der Waals surface area contributed by atoms with Crippen LogP contribution in [0.2, 0.25) is 0 Å². The molecule has 0 bridgehead atoms. The summed E-state index contributed by atoms with van der Waals surface area (Å²) in [5.41, 5.74) is 1.69. The highest BCUT2D eigenvalue weighted by atomic mass is 32.2. The first-order chi connectivity index (χ1) is 11.8. The Morgan fingerprint density at radius 1 is 1.28 bits per heavy atom. The standard InChI is InChI=1S/C17H23N3O3S2/c1-4-13(3)18-16(21)10-7-14-11-24-17(19-14)20-25(22,23)15-8-5-12(2)6-9-15/h5-6,8-9,11,13H,4,7,10H2,1-3H3,(H,18,21)(H,19,20). The lowest BCUT2D eigenvalue weighted by atomic mass is 10.2. The first-order valence-electron chi connectivity index (χ1n) is 8.13. The fraction of sp³-hybridized carbons (Fsp3) is 0.412. The van der Waals surface area contributed by atoms with Gasteiger partial charge in [0.1, 0.15) is 0 Å². The number of benzene rings is 1. The first-order valence-corrected chi connectivity index (χ1v) is 10.5. The molecule has 0 aliphatic rings. The number of hydrogen-bond donors (Lipinski definition) is 2. The van der Waals surface area contributed by atoms with E-state index in [1.807, 2.05) is 20.8 Å². The molecule has 6 nitrogen and oxygen atoms in total. The van der Waals surface area contributed by atoms with Crippen LogP contribution in [0.4, 0.5) is 5.13 Å². The van der Waals surface area contributed by atoms with Gasteiger partial charge in [0.15, 0.2) is 5.13 Å². The summed E-state index contributed by atoms with van der Waals surface area (Å²) < 4.78 is 27.2. The molecule has 1 atom stereocenters. The quantitative estimate of drug-likeness (QED) is 0.735. The minimum Gasteiger partial charge on any atom is -0.354 e. The Bertz CT molecular complexity index is 814. The van der Waals surface area contributed by atoms with Crippen LogP contribution in [0.3, 0.4) is 0 Å². The van der Waals surface area contributed by atoms with Crippen molar-refractivity contribution in [3.8, 4) is 0 Å². The van der Waals surface area contributed by atoms with Gasteiger partial charge in [-0.2, -0.15) is 0 Å². The third kappa shape index (κ3) is 5.82. The highest BCUT2D eigenvalue weighted by Crippen LogP contribution is 2.21. The number of nitrogens with zero attached hydrogens (tertiary/aromatic N) is 1. The molecule has 0 aliphatic heterocycles. The fourth-order valence-corrected chi connectivity index (χ4v) is 4.05. The predicted octanol–water partition coefficient (Wildman–Crippen LogP) is 3.10. The third-order valence-electron chi connectivity index (χ3n) is 3.73. The lowest BCUT2D eigenvalue weighted by Crippen LogP contribution is -2.32. The van der Waals surface area contributed by atoms with Gasteiger partial charge in [0.2, 0.25) is 5.91 Å². The maximum atomic E-state index is 12.3. The minimum atomic E-state index is -3.65. The predicted molar refractivity (Wildman–Crippen MR) is 100 cm³/mol. The molecule has 136 valence electrons. The second-order valence-electron chi connectivity index (χ2n) is 5.94. The van der Waals surface area contributed by atoms with Crippen LogP contribution in [0, 0.1) is 6.92 Å². The number of rotatable bonds is 8. The molecule has 2 aromatic rings. The summed E-state index contributed by atoms with van der Waals surface area (Å²) in [6, 6.07) is 6.77. The SMILES string of the molecule is CCC(C)NC(=O)CCc1csc(NS(=O)(=O)c2ccc(C)cc2)n1. The average Bonchev–Trinajstić information content (AvgIpc) is 3.00. The van der Waals surface area contributed by atoms with E-state index in [1.54, 1.807) is 29.6 Å². The van der Waals surface area contributed by atoms with E-state index in [0.29, 0.717) is 23.7 Å². The van der Waals surface area contributed by atoms with E-state index in [-0.39, 0.29) is 16.8 Å². The molecule has 1 aromatic carbocycles. The lowest BCUT2D eigenvalue weighted by Gasteiger charge is -2.10. The van der Waals surface area contributed by atoms with Crippen molar-refractivity contribution < 1.29 is 13.2 Å². The number of carbonyl (C=O) groups is 1. The Labute approximate surface area is 152 Å². The van der Waals surface area contributed by atoms with Gasteiger partial charge >= 0.3 is 0 Å². The largest absolute Gasteiger partial charge is 0.354 e. The number of sulfonamides is 1. The average molecular weight is 382 g/mol. The Morgan fingerprint density at radius 3 is 2.60 bits per heavy atom. The summed E-state index contributed by atoms with van der Waals surface area (Å²) in [7, 11) is -3.65. The second kappa shape index (κ2) is 8.44. The van der Waals surface area contributed by atoms with Crippen LogP contribution < -0.4 is 10.0 Å². The zero-order valence-corrected chi connectivity index (χ0v) is 16.2. The van der Waals surface area contributed by atoms with Gasteiger partial charge < -0.3 is 5.32 Å². The van der Waals surface area contributed by atoms with E-state index in [0.717, 1.165) is 12.0 Å². The number of anilines is 1. The summed E-state index contributed by atoms with van der Waals surface area (Å²) in [4.78, 5) is 16.2. The maximum absolute atomic E-state index is 12.3. The molecule has 0 spiro atoms. The van der Waals surface area contributed by atoms with Crippen molar-refractivity contribution in [3.63, 3.8) is 0 Å². The molecule has 2 rings (SSSR count). The van der Waals surface area contributed by atoms with Crippen molar-refractivity contribution in [2.45, 2.75) is 51.0 Å². The number of aromatic nitrogens is 1. The van der Waals surface area contributed by atoms with Crippen LogP contribution in [0.1, 0.15) is 37.9 Å². The summed E-state index contributed by atoms with van der Waals surface area (Å²) in [6.45, 7) is 5.87. The maximum Gasteiger partial charge on any atom is 0.263 e. The zero-order chi connectivity index (χ0) is 18.4. The molecule has 1 heterocycles. The fourth-order valence-electron chi connectivity index (χ4n) is 2.05. The van der Waals surface area contributed by atoms with E-state index >= 15 is 0 Å². The number of carbonyl (C=O) groups excluding carboxylic acids is 1. The molecule has 0 aliphatic carbocycles. The molecular formula is C17H23N3O3S2. The molecule has 0 fully saturated rings. The van der Waals surface area contributed by atoms with Crippen molar-refractivity contribution in [1.82, 2.24) is 10.3 Å². The van der Waals surface area contributed by atoms with Gasteiger partial charge in [0.25, 0.3) is 10.0 Å². The molecule has 1 amide bonds. The highest BCUT2D eigenvalue weighted by Gasteiger charge is 2.16. The van der Waals surface area contributed by atoms with E-state index in [1.165, 1.54) is 11.3 Å². The van der Waals surface area contributed by atoms with Gasteiger partial charge in [0, 0.05) is 17.8 Å². The number of aryl methyl sites for hydroxylation is 2. The Morgan fingerprint density at radius 2 is 1.96 bits per heavy atom. The zero-order valence-electron chi connectivity index (χ0n) is 14.6. The van der Waals surface area contributed by atoms with Crippen molar-refractivity contribution in [1.29, 1.82) is 0 Å². The van der Waals surface area contributed by atoms with Gasteiger partial charge in [0.05, 0.1) is 10.6 Å². The van der Waals surface area contributed by atoms with E-state index in [9.17, 15) is 13.2 Å². The molecule has 1 aromatic heterocycles. The van der Waals surface area contributed by atoms with E-state index < -0.39 is 10.0 Å². The van der Waals surface area contributed by atoms with Crippen LogP contribution in [0.5, 0.6) is 0 Å². The lowest BCUT2D eigenvalue weighted by molar-refractivity contribution is -0.121. The van der Waals surface area contributed by atoms with Crippen LogP contribution in [0.15, 0.2) is 34.5 Å². The van der Waals surface area contributed by atoms with Gasteiger partial charge in [-0.25, -0.2) is 13.4 Å². The van der Waals surface area contributed by atoms with E-state index in [4.69, 9.17) is 0 Å². The number of hydrogen-bond acceptors (Lipinski definition) is 5. The number of amides is 1. The molecule has 0 radical (unpaired) electrons. The highest BCUT2D eigenvalue weighted by molar-refractivity contribution is 7.93. The van der Waals surface area contributed by atoms with Gasteiger partial charge in [-0.05, 0) is 38.8 Å². The minimum absolute atomic E-state index is 0.0239. The second-order valence-corrected chi connectivity index (χ2v) is 8.48. The normalized spacial score (nSPS) is 12.6. The van der Waals surface area contributed by atoms with Crippen molar-refractivity contribution >= 4 is 32.4 Å². The van der Waals surface area contributed by atoms with Crippen LogP contribution in [-0.2, 0) is 21.2 Å². The Balaban J connectivity index is 1.94. The molecule has 8 heteroatoms. The van der Waals surface area contributed by atoms with E-state index in [2.05, 4.69) is 15.0 Å². The molecule has 0 saturated carbocycles. The Hall–Kier alpha value is -1.93.